The van der Waals surface area contributed by atoms with Crippen LogP contribution in [0.2, 0.25) is 10.0 Å². The molecule has 1 N–H and O–H groups in total. The molecule has 43 heavy (non-hydrogen) atoms. The second kappa shape index (κ2) is 14.5. The van der Waals surface area contributed by atoms with Crippen LogP contribution in [0, 0.1) is 6.92 Å². The number of sulfonamides is 1. The summed E-state index contributed by atoms with van der Waals surface area (Å²) in [4.78, 5) is 29.3. The lowest BCUT2D eigenvalue weighted by Crippen LogP contribution is -2.53. The second-order valence-electron chi connectivity index (χ2n) is 10.7. The van der Waals surface area contributed by atoms with Gasteiger partial charge in [-0.25, -0.2) is 8.42 Å². The Hall–Kier alpha value is -3.27. The average Bonchev–Trinajstić information content (AvgIpc) is 3.50. The molecule has 8 nitrogen and oxygen atoms in total. The molecule has 1 aliphatic carbocycles. The van der Waals surface area contributed by atoms with Gasteiger partial charge in [0.1, 0.15) is 18.3 Å². The molecule has 0 radical (unpaired) electrons. The smallest absolute Gasteiger partial charge is 0.264 e. The van der Waals surface area contributed by atoms with E-state index in [1.807, 2.05) is 19.9 Å². The van der Waals surface area contributed by atoms with Crippen molar-refractivity contribution in [2.45, 2.75) is 69.5 Å². The van der Waals surface area contributed by atoms with Crippen molar-refractivity contribution in [2.75, 3.05) is 18.0 Å². The summed E-state index contributed by atoms with van der Waals surface area (Å²) < 4.78 is 34.5. The van der Waals surface area contributed by atoms with Crippen molar-refractivity contribution < 1.29 is 22.7 Å². The maximum Gasteiger partial charge on any atom is 0.264 e. The molecule has 3 aromatic rings. The van der Waals surface area contributed by atoms with Crippen molar-refractivity contribution >= 4 is 50.7 Å². The highest BCUT2D eigenvalue weighted by molar-refractivity contribution is 7.92. The molecule has 4 rings (SSSR count). The summed E-state index contributed by atoms with van der Waals surface area (Å²) in [5.74, 6) is -0.231. The molecule has 1 fully saturated rings. The summed E-state index contributed by atoms with van der Waals surface area (Å²) in [6.07, 6.45) is 4.20. The Morgan fingerprint density at radius 2 is 1.72 bits per heavy atom. The number of carbonyl (C=O) groups is 2. The van der Waals surface area contributed by atoms with Crippen LogP contribution in [0.4, 0.5) is 5.69 Å². The summed E-state index contributed by atoms with van der Waals surface area (Å²) in [6, 6.07) is 17.2. The lowest BCUT2D eigenvalue weighted by Gasteiger charge is -2.34. The predicted octanol–water partition coefficient (Wildman–Crippen LogP) is 6.37. The van der Waals surface area contributed by atoms with E-state index in [1.54, 1.807) is 43.5 Å². The van der Waals surface area contributed by atoms with E-state index in [2.05, 4.69) is 5.32 Å². The van der Waals surface area contributed by atoms with Crippen molar-refractivity contribution in [3.05, 3.63) is 87.9 Å². The number of nitrogens with one attached hydrogen (secondary N) is 1. The number of carbonyl (C=O) groups excluding carboxylic acids is 2. The highest BCUT2D eigenvalue weighted by atomic mass is 35.5. The van der Waals surface area contributed by atoms with Gasteiger partial charge in [-0.05, 0) is 74.2 Å². The molecular formula is C32H37Cl2N3O5S. The number of rotatable bonds is 12. The zero-order valence-electron chi connectivity index (χ0n) is 24.6. The number of halogens is 2. The molecule has 1 aliphatic rings. The van der Waals surface area contributed by atoms with Gasteiger partial charge in [-0.1, -0.05) is 72.8 Å². The van der Waals surface area contributed by atoms with E-state index >= 15 is 0 Å². The zero-order valence-corrected chi connectivity index (χ0v) is 26.9. The van der Waals surface area contributed by atoms with Crippen molar-refractivity contribution in [3.63, 3.8) is 0 Å². The van der Waals surface area contributed by atoms with Crippen LogP contribution in [0.25, 0.3) is 0 Å². The van der Waals surface area contributed by atoms with E-state index in [4.69, 9.17) is 27.9 Å². The Morgan fingerprint density at radius 3 is 2.37 bits per heavy atom. The van der Waals surface area contributed by atoms with Crippen LogP contribution in [0.1, 0.15) is 50.2 Å². The molecule has 0 spiro atoms. The third kappa shape index (κ3) is 8.02. The number of hydrogen-bond acceptors (Lipinski definition) is 5. The number of benzene rings is 3. The van der Waals surface area contributed by atoms with Gasteiger partial charge in [0.25, 0.3) is 10.0 Å². The normalized spacial score (nSPS) is 14.3. The van der Waals surface area contributed by atoms with Gasteiger partial charge in [0.2, 0.25) is 11.8 Å². The van der Waals surface area contributed by atoms with E-state index < -0.39 is 28.5 Å². The third-order valence-electron chi connectivity index (χ3n) is 7.64. The van der Waals surface area contributed by atoms with E-state index in [1.165, 1.54) is 29.2 Å². The first-order chi connectivity index (χ1) is 20.5. The number of methoxy groups -OCH3 is 1. The largest absolute Gasteiger partial charge is 0.497 e. The Bertz CT molecular complexity index is 1540. The predicted molar refractivity (Wildman–Crippen MR) is 170 cm³/mol. The SMILES string of the molecule is CCC(C(=O)NC1CCCC1)N(Cc1cccc(OC)c1)C(=O)CN(c1cc(Cl)ccc1Cl)S(=O)(=O)c1ccc(C)cc1. The van der Waals surface area contributed by atoms with Gasteiger partial charge in [-0.15, -0.1) is 0 Å². The molecule has 1 unspecified atom stereocenters. The number of aryl methyl sites for hydroxylation is 1. The van der Waals surface area contributed by atoms with E-state index in [0.717, 1.165) is 41.1 Å². The molecule has 0 heterocycles. The van der Waals surface area contributed by atoms with Crippen molar-refractivity contribution in [1.29, 1.82) is 0 Å². The Balaban J connectivity index is 1.75. The molecular weight excluding hydrogens is 609 g/mol. The molecule has 1 saturated carbocycles. The standard InChI is InChI=1S/C32H37Cl2N3O5S/c1-4-29(32(39)35-25-9-5-6-10-25)36(20-23-8-7-11-26(18-23)42-3)31(38)21-37(30-19-24(33)14-17-28(30)34)43(40,41)27-15-12-22(2)13-16-27/h7-8,11-19,25,29H,4-6,9-10,20-21H2,1-3H3,(H,35,39). The van der Waals surface area contributed by atoms with Crippen LogP contribution in [-0.4, -0.2) is 50.9 Å². The van der Waals surface area contributed by atoms with Gasteiger partial charge in [-0.2, -0.15) is 0 Å². The first-order valence-corrected chi connectivity index (χ1v) is 16.5. The molecule has 0 aromatic heterocycles. The van der Waals surface area contributed by atoms with E-state index in [9.17, 15) is 18.0 Å². The molecule has 0 bridgehead atoms. The van der Waals surface area contributed by atoms with E-state index in [0.29, 0.717) is 12.2 Å². The maximum atomic E-state index is 14.3. The number of anilines is 1. The fourth-order valence-corrected chi connectivity index (χ4v) is 7.14. The van der Waals surface area contributed by atoms with Crippen LogP contribution in [-0.2, 0) is 26.2 Å². The molecule has 1 atom stereocenters. The molecule has 0 aliphatic heterocycles. The van der Waals surface area contributed by atoms with Gasteiger partial charge in [0, 0.05) is 17.6 Å². The first kappa shape index (κ1) is 32.6. The maximum absolute atomic E-state index is 14.3. The quantitative estimate of drug-likeness (QED) is 0.247. The molecule has 230 valence electrons. The fourth-order valence-electron chi connectivity index (χ4n) is 5.28. The van der Waals surface area contributed by atoms with Gasteiger partial charge in [0.15, 0.2) is 0 Å². The van der Waals surface area contributed by atoms with Crippen molar-refractivity contribution in [2.24, 2.45) is 0 Å². The number of ether oxygens (including phenoxy) is 1. The van der Waals surface area contributed by atoms with Crippen molar-refractivity contribution in [3.8, 4) is 5.75 Å². The second-order valence-corrected chi connectivity index (χ2v) is 13.4. The highest BCUT2D eigenvalue weighted by Gasteiger charge is 2.35. The highest BCUT2D eigenvalue weighted by Crippen LogP contribution is 2.33. The minimum absolute atomic E-state index is 0.00712. The van der Waals surface area contributed by atoms with Gasteiger partial charge in [-0.3, -0.25) is 13.9 Å². The monoisotopic (exact) mass is 645 g/mol. The van der Waals surface area contributed by atoms with Crippen LogP contribution >= 0.6 is 23.2 Å². The van der Waals surface area contributed by atoms with E-state index in [-0.39, 0.29) is 39.1 Å². The summed E-state index contributed by atoms with van der Waals surface area (Å²) in [5, 5.41) is 3.47. The molecule has 0 saturated heterocycles. The summed E-state index contributed by atoms with van der Waals surface area (Å²) in [6.45, 7) is 3.14. The van der Waals surface area contributed by atoms with Crippen LogP contribution in [0.3, 0.4) is 0 Å². The Labute approximate surface area is 264 Å². The lowest BCUT2D eigenvalue weighted by atomic mass is 10.1. The van der Waals surface area contributed by atoms with Gasteiger partial charge < -0.3 is 15.0 Å². The summed E-state index contributed by atoms with van der Waals surface area (Å²) in [7, 11) is -2.72. The third-order valence-corrected chi connectivity index (χ3v) is 9.97. The molecule has 3 aromatic carbocycles. The summed E-state index contributed by atoms with van der Waals surface area (Å²) in [5.41, 5.74) is 1.67. The first-order valence-electron chi connectivity index (χ1n) is 14.3. The zero-order chi connectivity index (χ0) is 31.1. The topological polar surface area (TPSA) is 96.0 Å². The minimum atomic E-state index is -4.27. The van der Waals surface area contributed by atoms with Crippen LogP contribution in [0.15, 0.2) is 71.6 Å². The Morgan fingerprint density at radius 1 is 1.02 bits per heavy atom. The molecule has 2 amide bonds. The number of hydrogen-bond donors (Lipinski definition) is 1. The van der Waals surface area contributed by atoms with Gasteiger partial charge in [0.05, 0.1) is 22.7 Å². The number of amides is 2. The summed E-state index contributed by atoms with van der Waals surface area (Å²) >= 11 is 12.8. The number of nitrogens with zero attached hydrogens (tertiary/aromatic N) is 2. The minimum Gasteiger partial charge on any atom is -0.497 e. The van der Waals surface area contributed by atoms with Crippen LogP contribution in [0.5, 0.6) is 5.75 Å². The fraction of sp³-hybridized carbons (Fsp3) is 0.375. The van der Waals surface area contributed by atoms with Crippen LogP contribution < -0.4 is 14.4 Å². The molecule has 11 heteroatoms. The Kier molecular flexibility index (Phi) is 11.0. The average molecular weight is 647 g/mol. The van der Waals surface area contributed by atoms with Crippen molar-refractivity contribution in [1.82, 2.24) is 10.2 Å². The van der Waals surface area contributed by atoms with Gasteiger partial charge >= 0.3 is 0 Å². The lowest BCUT2D eigenvalue weighted by molar-refractivity contribution is -0.140.